The quantitative estimate of drug-likeness (QED) is 0.326. The minimum atomic E-state index is -0.869. The predicted octanol–water partition coefficient (Wildman–Crippen LogP) is 2.26. The second kappa shape index (κ2) is 11.6. The zero-order valence-electron chi connectivity index (χ0n) is 17.3. The van der Waals surface area contributed by atoms with Crippen molar-refractivity contribution in [2.45, 2.75) is 13.8 Å². The molecule has 0 atom stereocenters. The average molecular weight is 447 g/mol. The molecule has 0 aliphatic carbocycles. The van der Waals surface area contributed by atoms with Crippen molar-refractivity contribution in [3.8, 4) is 11.5 Å². The smallest absolute Gasteiger partial charge is 0.329 e. The zero-order chi connectivity index (χ0) is 22.8. The number of hydrogen-bond donors (Lipinski definition) is 3. The summed E-state index contributed by atoms with van der Waals surface area (Å²) in [7, 11) is 1.45. The molecule has 0 unspecified atom stereocenters. The first-order valence-electron chi connectivity index (χ1n) is 9.32. The summed E-state index contributed by atoms with van der Waals surface area (Å²) in [6.07, 6.45) is 1.35. The summed E-state index contributed by atoms with van der Waals surface area (Å²) >= 11 is 5.96. The van der Waals surface area contributed by atoms with Crippen LogP contribution in [0.15, 0.2) is 41.5 Å². The van der Waals surface area contributed by atoms with Gasteiger partial charge in [0.15, 0.2) is 18.1 Å². The average Bonchev–Trinajstić information content (AvgIpc) is 2.75. The van der Waals surface area contributed by atoms with Crippen LogP contribution in [0.1, 0.15) is 18.1 Å². The number of ether oxygens (including phenoxy) is 2. The van der Waals surface area contributed by atoms with E-state index in [1.54, 1.807) is 43.3 Å². The maximum absolute atomic E-state index is 12.2. The fourth-order valence-corrected chi connectivity index (χ4v) is 2.57. The number of nitrogens with zero attached hydrogens (tertiary/aromatic N) is 1. The number of rotatable bonds is 8. The van der Waals surface area contributed by atoms with E-state index in [0.717, 1.165) is 5.56 Å². The van der Waals surface area contributed by atoms with Gasteiger partial charge in [-0.2, -0.15) is 5.10 Å². The minimum Gasteiger partial charge on any atom is -0.493 e. The van der Waals surface area contributed by atoms with Gasteiger partial charge >= 0.3 is 11.8 Å². The van der Waals surface area contributed by atoms with E-state index in [0.29, 0.717) is 34.3 Å². The molecule has 0 aliphatic rings. The highest BCUT2D eigenvalue weighted by molar-refractivity contribution is 6.35. The van der Waals surface area contributed by atoms with Gasteiger partial charge in [-0.05, 0) is 55.3 Å². The summed E-state index contributed by atoms with van der Waals surface area (Å²) in [5.74, 6) is -1.28. The van der Waals surface area contributed by atoms with Crippen LogP contribution in [0.25, 0.3) is 0 Å². The number of carbonyl (C=O) groups is 3. The number of amides is 3. The van der Waals surface area contributed by atoms with Crippen LogP contribution in [-0.2, 0) is 14.4 Å². The first kappa shape index (κ1) is 23.7. The highest BCUT2D eigenvalue weighted by Crippen LogP contribution is 2.27. The fraction of sp³-hybridized carbons (Fsp3) is 0.238. The van der Waals surface area contributed by atoms with Crippen LogP contribution < -0.4 is 25.5 Å². The van der Waals surface area contributed by atoms with E-state index < -0.39 is 11.8 Å². The molecule has 3 amide bonds. The van der Waals surface area contributed by atoms with E-state index in [2.05, 4.69) is 21.2 Å². The van der Waals surface area contributed by atoms with E-state index in [4.69, 9.17) is 21.1 Å². The van der Waals surface area contributed by atoms with Crippen molar-refractivity contribution in [3.05, 3.63) is 52.5 Å². The predicted molar refractivity (Wildman–Crippen MR) is 118 cm³/mol. The number of carbonyl (C=O) groups excluding carboxylic acids is 3. The van der Waals surface area contributed by atoms with Crippen molar-refractivity contribution < 1.29 is 23.9 Å². The molecular formula is C21H23ClN4O5. The van der Waals surface area contributed by atoms with Crippen molar-refractivity contribution >= 4 is 41.2 Å². The third-order valence-corrected chi connectivity index (χ3v) is 4.18. The Kier molecular flexibility index (Phi) is 8.83. The molecule has 10 heteroatoms. The highest BCUT2D eigenvalue weighted by atomic mass is 35.5. The topological polar surface area (TPSA) is 118 Å². The Morgan fingerprint density at radius 1 is 1.10 bits per heavy atom. The van der Waals surface area contributed by atoms with Gasteiger partial charge in [0.1, 0.15) is 0 Å². The van der Waals surface area contributed by atoms with E-state index in [1.807, 2.05) is 6.92 Å². The highest BCUT2D eigenvalue weighted by Gasteiger charge is 2.11. The summed E-state index contributed by atoms with van der Waals surface area (Å²) in [5, 5.41) is 9.35. The van der Waals surface area contributed by atoms with Crippen molar-refractivity contribution in [2.24, 2.45) is 5.10 Å². The van der Waals surface area contributed by atoms with Gasteiger partial charge in [-0.15, -0.1) is 0 Å². The van der Waals surface area contributed by atoms with Gasteiger partial charge < -0.3 is 20.1 Å². The number of anilines is 1. The number of benzene rings is 2. The lowest BCUT2D eigenvalue weighted by Crippen LogP contribution is -2.37. The maximum atomic E-state index is 12.2. The molecule has 164 valence electrons. The van der Waals surface area contributed by atoms with Gasteiger partial charge in [0, 0.05) is 17.3 Å². The Hall–Kier alpha value is -3.59. The van der Waals surface area contributed by atoms with Gasteiger partial charge in [0.25, 0.3) is 5.91 Å². The molecule has 0 saturated heterocycles. The van der Waals surface area contributed by atoms with Crippen LogP contribution in [0, 0.1) is 6.92 Å². The molecule has 0 heterocycles. The molecule has 0 fully saturated rings. The first-order chi connectivity index (χ1) is 14.8. The molecule has 0 saturated carbocycles. The SMILES string of the molecule is CCNC(=O)C(=O)N/N=C\c1ccc(OCC(=O)Nc2cc(Cl)ccc2C)c(OC)c1. The van der Waals surface area contributed by atoms with Gasteiger partial charge in [0.2, 0.25) is 0 Å². The second-order valence-corrected chi connectivity index (χ2v) is 6.70. The number of likely N-dealkylation sites (N-methyl/N-ethyl adjacent to an activating group) is 1. The lowest BCUT2D eigenvalue weighted by molar-refractivity contribution is -0.139. The normalized spacial score (nSPS) is 10.5. The van der Waals surface area contributed by atoms with Gasteiger partial charge in [0.05, 0.1) is 13.3 Å². The minimum absolute atomic E-state index is 0.238. The zero-order valence-corrected chi connectivity index (χ0v) is 18.1. The number of halogens is 1. The lowest BCUT2D eigenvalue weighted by atomic mass is 10.2. The van der Waals surface area contributed by atoms with Gasteiger partial charge in [-0.1, -0.05) is 17.7 Å². The molecular weight excluding hydrogens is 424 g/mol. The van der Waals surface area contributed by atoms with Gasteiger partial charge in [-0.25, -0.2) is 5.43 Å². The molecule has 9 nitrogen and oxygen atoms in total. The van der Waals surface area contributed by atoms with Crippen molar-refractivity contribution in [1.82, 2.24) is 10.7 Å². The largest absolute Gasteiger partial charge is 0.493 e. The monoisotopic (exact) mass is 446 g/mol. The molecule has 2 aromatic rings. The molecule has 2 aromatic carbocycles. The Morgan fingerprint density at radius 2 is 1.87 bits per heavy atom. The van der Waals surface area contributed by atoms with Crippen LogP contribution in [0.3, 0.4) is 0 Å². The number of methoxy groups -OCH3 is 1. The standard InChI is InChI=1S/C21H23ClN4O5/c1-4-23-20(28)21(29)26-24-11-14-6-8-17(18(9-14)30-3)31-12-19(27)25-16-10-15(22)7-5-13(16)2/h5-11H,4,12H2,1-3H3,(H,23,28)(H,25,27)(H,26,29)/b24-11-. The molecule has 0 aliphatic heterocycles. The van der Waals surface area contributed by atoms with E-state index in [1.165, 1.54) is 13.3 Å². The van der Waals surface area contributed by atoms with E-state index >= 15 is 0 Å². The number of aryl methyl sites for hydroxylation is 1. The molecule has 2 rings (SSSR count). The third-order valence-electron chi connectivity index (χ3n) is 3.94. The fourth-order valence-electron chi connectivity index (χ4n) is 2.40. The van der Waals surface area contributed by atoms with Crippen LogP contribution >= 0.6 is 11.6 Å². The summed E-state index contributed by atoms with van der Waals surface area (Å²) in [5.41, 5.74) is 4.19. The number of nitrogens with one attached hydrogen (secondary N) is 3. The summed E-state index contributed by atoms with van der Waals surface area (Å²) in [6, 6.07) is 10.1. The Bertz CT molecular complexity index is 994. The Balaban J connectivity index is 1.96. The van der Waals surface area contributed by atoms with E-state index in [-0.39, 0.29) is 12.5 Å². The van der Waals surface area contributed by atoms with Crippen LogP contribution in [-0.4, -0.2) is 44.2 Å². The molecule has 3 N–H and O–H groups in total. The van der Waals surface area contributed by atoms with Crippen molar-refractivity contribution in [3.63, 3.8) is 0 Å². The summed E-state index contributed by atoms with van der Waals surface area (Å²) in [4.78, 5) is 35.0. The van der Waals surface area contributed by atoms with Crippen LogP contribution in [0.4, 0.5) is 5.69 Å². The summed E-state index contributed by atoms with van der Waals surface area (Å²) < 4.78 is 10.8. The third kappa shape index (κ3) is 7.31. The number of hydrogen-bond acceptors (Lipinski definition) is 6. The Labute approximate surface area is 184 Å². The lowest BCUT2D eigenvalue weighted by Gasteiger charge is -2.12. The summed E-state index contributed by atoms with van der Waals surface area (Å²) in [6.45, 7) is 3.66. The first-order valence-corrected chi connectivity index (χ1v) is 9.70. The molecule has 0 spiro atoms. The Morgan fingerprint density at radius 3 is 2.58 bits per heavy atom. The molecule has 31 heavy (non-hydrogen) atoms. The van der Waals surface area contributed by atoms with Crippen molar-refractivity contribution in [2.75, 3.05) is 25.6 Å². The molecule has 0 aromatic heterocycles. The van der Waals surface area contributed by atoms with E-state index in [9.17, 15) is 14.4 Å². The van der Waals surface area contributed by atoms with Crippen LogP contribution in [0.5, 0.6) is 11.5 Å². The maximum Gasteiger partial charge on any atom is 0.329 e. The molecule has 0 radical (unpaired) electrons. The van der Waals surface area contributed by atoms with Crippen LogP contribution in [0.2, 0.25) is 5.02 Å². The number of hydrazone groups is 1. The van der Waals surface area contributed by atoms with Crippen molar-refractivity contribution in [1.29, 1.82) is 0 Å². The van der Waals surface area contributed by atoms with Gasteiger partial charge in [-0.3, -0.25) is 14.4 Å². The molecule has 0 bridgehead atoms. The second-order valence-electron chi connectivity index (χ2n) is 6.26.